The average molecular weight is 472 g/mol. The Morgan fingerprint density at radius 3 is 2.28 bits per heavy atom. The number of fused-ring (bicyclic) bond motifs is 1. The Kier molecular flexibility index (Phi) is 11.6. The van der Waals surface area contributed by atoms with Crippen molar-refractivity contribution >= 4 is 35.6 Å². The largest absolute Gasteiger partial charge is 0.480 e. The van der Waals surface area contributed by atoms with E-state index in [1.807, 2.05) is 11.8 Å². The first-order chi connectivity index (χ1) is 15.4. The van der Waals surface area contributed by atoms with Crippen LogP contribution in [0.2, 0.25) is 0 Å². The molecule has 4 amide bonds. The lowest BCUT2D eigenvalue weighted by Crippen LogP contribution is -2.36. The lowest BCUT2D eigenvalue weighted by molar-refractivity contribution is -0.138. The van der Waals surface area contributed by atoms with Crippen LogP contribution in [0.25, 0.3) is 0 Å². The highest BCUT2D eigenvalue weighted by atomic mass is 32.2. The minimum absolute atomic E-state index is 0.0282. The molecule has 0 saturated carbocycles. The Hall–Kier alpha value is -2.01. The van der Waals surface area contributed by atoms with Gasteiger partial charge in [-0.3, -0.25) is 14.4 Å². The zero-order valence-electron chi connectivity index (χ0n) is 18.6. The molecule has 11 heteroatoms. The summed E-state index contributed by atoms with van der Waals surface area (Å²) in [5.41, 5.74) is 5.42. The summed E-state index contributed by atoms with van der Waals surface area (Å²) < 4.78 is 0. The number of nitrogens with one attached hydrogen (secondary N) is 4. The molecule has 0 bridgehead atoms. The van der Waals surface area contributed by atoms with Crippen molar-refractivity contribution in [2.24, 2.45) is 5.73 Å². The van der Waals surface area contributed by atoms with Crippen molar-refractivity contribution in [1.82, 2.24) is 21.3 Å². The monoisotopic (exact) mass is 471 g/mol. The van der Waals surface area contributed by atoms with Gasteiger partial charge in [0, 0.05) is 36.9 Å². The molecular weight excluding hydrogens is 434 g/mol. The van der Waals surface area contributed by atoms with E-state index in [4.69, 9.17) is 10.8 Å². The van der Waals surface area contributed by atoms with Crippen LogP contribution < -0.4 is 27.0 Å². The van der Waals surface area contributed by atoms with Crippen LogP contribution in [0.15, 0.2) is 0 Å². The first kappa shape index (κ1) is 26.2. The molecule has 4 atom stereocenters. The maximum absolute atomic E-state index is 11.9. The van der Waals surface area contributed by atoms with Gasteiger partial charge in [0.1, 0.15) is 6.04 Å². The highest BCUT2D eigenvalue weighted by molar-refractivity contribution is 8.00. The summed E-state index contributed by atoms with van der Waals surface area (Å²) >= 11 is 1.89. The first-order valence-corrected chi connectivity index (χ1v) is 12.6. The highest BCUT2D eigenvalue weighted by Crippen LogP contribution is 2.33. The average Bonchev–Trinajstić information content (AvgIpc) is 3.29. The molecule has 2 unspecified atom stereocenters. The number of urea groups is 1. The molecular formula is C21H37N5O5S. The van der Waals surface area contributed by atoms with E-state index < -0.39 is 12.0 Å². The quantitative estimate of drug-likeness (QED) is 0.142. The molecule has 2 aliphatic rings. The number of nitrogens with two attached hydrogens (primary N) is 1. The van der Waals surface area contributed by atoms with E-state index in [2.05, 4.69) is 21.3 Å². The number of thioether (sulfide) groups is 1. The molecule has 0 radical (unpaired) electrons. The van der Waals surface area contributed by atoms with Crippen molar-refractivity contribution in [3.8, 4) is 0 Å². The van der Waals surface area contributed by atoms with Gasteiger partial charge in [-0.05, 0) is 44.9 Å². The number of hydrogen-bond acceptors (Lipinski definition) is 6. The fourth-order valence-corrected chi connectivity index (χ4v) is 5.47. The minimum atomic E-state index is -1.000. The number of unbranched alkanes of at least 4 members (excludes halogenated alkanes) is 3. The molecule has 0 spiro atoms. The molecule has 0 aliphatic carbocycles. The van der Waals surface area contributed by atoms with Gasteiger partial charge >= 0.3 is 12.0 Å². The summed E-state index contributed by atoms with van der Waals surface area (Å²) in [6.07, 6.45) is 6.94. The van der Waals surface area contributed by atoms with Crippen molar-refractivity contribution in [3.05, 3.63) is 0 Å². The first-order valence-electron chi connectivity index (χ1n) is 11.6. The number of carboxylic acids is 1. The third-order valence-electron chi connectivity index (χ3n) is 5.81. The van der Waals surface area contributed by atoms with Crippen LogP contribution in [0.1, 0.15) is 64.2 Å². The Bertz CT molecular complexity index is 650. The van der Waals surface area contributed by atoms with Crippen molar-refractivity contribution < 1.29 is 24.3 Å². The summed E-state index contributed by atoms with van der Waals surface area (Å²) in [5, 5.41) is 20.8. The molecule has 182 valence electrons. The number of carbonyl (C=O) groups is 4. The summed E-state index contributed by atoms with van der Waals surface area (Å²) in [6.45, 7) is 1.09. The summed E-state index contributed by atoms with van der Waals surface area (Å²) in [5.74, 6) is -0.0321. The third kappa shape index (κ3) is 9.64. The lowest BCUT2D eigenvalue weighted by Gasteiger charge is -2.16. The maximum Gasteiger partial charge on any atom is 0.320 e. The van der Waals surface area contributed by atoms with E-state index >= 15 is 0 Å². The van der Waals surface area contributed by atoms with Gasteiger partial charge in [-0.2, -0.15) is 11.8 Å². The molecule has 2 rings (SSSR count). The summed E-state index contributed by atoms with van der Waals surface area (Å²) in [4.78, 5) is 45.7. The molecule has 0 aromatic carbocycles. The molecule has 2 heterocycles. The minimum Gasteiger partial charge on any atom is -0.480 e. The fraction of sp³-hybridized carbons (Fsp3) is 0.810. The van der Waals surface area contributed by atoms with Gasteiger partial charge in [0.25, 0.3) is 0 Å². The van der Waals surface area contributed by atoms with Crippen LogP contribution >= 0.6 is 11.8 Å². The Balaban J connectivity index is 1.38. The summed E-state index contributed by atoms with van der Waals surface area (Å²) in [7, 11) is 0. The van der Waals surface area contributed by atoms with Crippen LogP contribution in [0, 0.1) is 0 Å². The standard InChI is InChI=1S/C21H37N5O5S/c22-14(20(29)30)7-3-5-11-23-18(28)10-4-6-12-24-17(27)9-2-1-8-16-19-15(13-32-16)25-21(31)26-19/h14-16,19H,1-13,22H2,(H,23,28)(H,24,27)(H,29,30)(H2,25,26,31)/t14?,15-,16?,19-/m0/s1. The second kappa shape index (κ2) is 14.2. The van der Waals surface area contributed by atoms with Crippen molar-refractivity contribution in [3.63, 3.8) is 0 Å². The lowest BCUT2D eigenvalue weighted by atomic mass is 10.0. The number of amides is 4. The normalized spacial score (nSPS) is 22.5. The van der Waals surface area contributed by atoms with Gasteiger partial charge in [-0.1, -0.05) is 6.42 Å². The molecule has 32 heavy (non-hydrogen) atoms. The topological polar surface area (TPSA) is 163 Å². The zero-order chi connectivity index (χ0) is 23.3. The van der Waals surface area contributed by atoms with Gasteiger partial charge in [0.05, 0.1) is 12.1 Å². The third-order valence-corrected chi connectivity index (χ3v) is 7.32. The van der Waals surface area contributed by atoms with E-state index in [-0.39, 0.29) is 29.9 Å². The summed E-state index contributed by atoms with van der Waals surface area (Å²) in [6, 6.07) is -0.451. The number of carbonyl (C=O) groups excluding carboxylic acids is 3. The van der Waals surface area contributed by atoms with Crippen LogP contribution in [0.5, 0.6) is 0 Å². The van der Waals surface area contributed by atoms with Crippen LogP contribution in [0.4, 0.5) is 4.79 Å². The molecule has 2 aliphatic heterocycles. The molecule has 2 saturated heterocycles. The van der Waals surface area contributed by atoms with Gasteiger partial charge in [-0.25, -0.2) is 4.79 Å². The van der Waals surface area contributed by atoms with E-state index in [0.717, 1.165) is 31.4 Å². The van der Waals surface area contributed by atoms with E-state index in [0.29, 0.717) is 56.9 Å². The predicted octanol–water partition coefficient (Wildman–Crippen LogP) is 0.697. The van der Waals surface area contributed by atoms with Gasteiger partial charge < -0.3 is 32.1 Å². The van der Waals surface area contributed by atoms with Gasteiger partial charge in [-0.15, -0.1) is 0 Å². The van der Waals surface area contributed by atoms with Crippen LogP contribution in [0.3, 0.4) is 0 Å². The fourth-order valence-electron chi connectivity index (χ4n) is 3.93. The van der Waals surface area contributed by atoms with Crippen molar-refractivity contribution in [2.45, 2.75) is 87.6 Å². The molecule has 0 aromatic rings. The smallest absolute Gasteiger partial charge is 0.320 e. The number of rotatable bonds is 16. The number of aliphatic carboxylic acids is 1. The predicted molar refractivity (Wildman–Crippen MR) is 123 cm³/mol. The zero-order valence-corrected chi connectivity index (χ0v) is 19.4. The number of carboxylic acid groups (broad SMARTS) is 1. The Labute approximate surface area is 193 Å². The number of hydrogen-bond donors (Lipinski definition) is 6. The van der Waals surface area contributed by atoms with Crippen molar-refractivity contribution in [1.29, 1.82) is 0 Å². The Morgan fingerprint density at radius 2 is 1.62 bits per heavy atom. The van der Waals surface area contributed by atoms with Crippen LogP contribution in [-0.2, 0) is 14.4 Å². The maximum atomic E-state index is 11.9. The second-order valence-electron chi connectivity index (χ2n) is 8.47. The van der Waals surface area contributed by atoms with Crippen molar-refractivity contribution in [2.75, 3.05) is 18.8 Å². The van der Waals surface area contributed by atoms with E-state index in [9.17, 15) is 19.2 Å². The molecule has 2 fully saturated rings. The highest BCUT2D eigenvalue weighted by Gasteiger charge is 2.42. The Morgan fingerprint density at radius 1 is 1.00 bits per heavy atom. The van der Waals surface area contributed by atoms with E-state index in [1.165, 1.54) is 0 Å². The SMILES string of the molecule is NC(CCCCNC(=O)CCCCNC(=O)CCCCC1SC[C@@H]2NC(=O)N[C@H]12)C(=O)O. The molecule has 10 nitrogen and oxygen atoms in total. The second-order valence-corrected chi connectivity index (χ2v) is 9.74. The van der Waals surface area contributed by atoms with E-state index in [1.54, 1.807) is 0 Å². The van der Waals surface area contributed by atoms with Crippen LogP contribution in [-0.4, -0.2) is 71.1 Å². The molecule has 7 N–H and O–H groups in total. The molecule has 0 aromatic heterocycles. The van der Waals surface area contributed by atoms with Gasteiger partial charge in [0.15, 0.2) is 0 Å². The van der Waals surface area contributed by atoms with Gasteiger partial charge in [0.2, 0.25) is 11.8 Å².